The first-order valence-electron chi connectivity index (χ1n) is 17.2. The van der Waals surface area contributed by atoms with Crippen LogP contribution < -0.4 is 14.2 Å². The average Bonchev–Trinajstić information content (AvgIpc) is 3.68. The van der Waals surface area contributed by atoms with Crippen molar-refractivity contribution in [1.82, 2.24) is 0 Å². The van der Waals surface area contributed by atoms with E-state index >= 15 is 0 Å². The Labute approximate surface area is 279 Å². The highest BCUT2D eigenvalue weighted by Gasteiger charge is 2.57. The van der Waals surface area contributed by atoms with E-state index in [2.05, 4.69) is 4.74 Å². The molecule has 1 N–H and O–H groups in total. The minimum Gasteiger partial charge on any atom is -0.493 e. The number of hydrogen-bond donors (Lipinski definition) is 1. The van der Waals surface area contributed by atoms with Gasteiger partial charge in [0, 0.05) is 5.41 Å². The lowest BCUT2D eigenvalue weighted by atomic mass is 9.49. The van der Waals surface area contributed by atoms with E-state index in [1.54, 1.807) is 6.07 Å². The molecule has 2 unspecified atom stereocenters. The SMILES string of the molecule is CC(C)C1(Oc2cc(C(=O)OC3C4CC5CC3CC(COc3ccc(S(=O)(=O)O)c6c3CCC6)(C5)C4)ccc2OC(F)(F)F)CCCC1. The van der Waals surface area contributed by atoms with E-state index in [0.29, 0.717) is 49.5 Å². The number of carbonyl (C=O) groups is 1. The lowest BCUT2D eigenvalue weighted by Gasteiger charge is -2.59. The lowest BCUT2D eigenvalue weighted by Crippen LogP contribution is -2.56. The van der Waals surface area contributed by atoms with E-state index in [9.17, 15) is 30.9 Å². The molecule has 2 atom stereocenters. The standard InChI is InChI=1S/C36H43F3O8S/c1-21(2)35(12-3-4-13-35)46-30-16-23(8-9-29(30)47-36(37,38)39)33(40)45-32-24-14-22-15-25(32)19-34(17-22,18-24)20-44-28-10-11-31(48(41,42)43)27-7-5-6-26(27)28/h8-11,16,21-22,24-25,32H,3-7,12-15,17-20H2,1-2H3,(H,41,42,43). The zero-order chi connectivity index (χ0) is 34.1. The van der Waals surface area contributed by atoms with Crippen molar-refractivity contribution in [3.05, 3.63) is 47.0 Å². The topological polar surface area (TPSA) is 108 Å². The summed E-state index contributed by atoms with van der Waals surface area (Å²) in [6.07, 6.45) is 4.66. The zero-order valence-corrected chi connectivity index (χ0v) is 28.1. The van der Waals surface area contributed by atoms with Gasteiger partial charge in [0.1, 0.15) is 17.5 Å². The number of benzene rings is 2. The highest BCUT2D eigenvalue weighted by atomic mass is 32.2. The second kappa shape index (κ2) is 12.1. The third-order valence-electron chi connectivity index (χ3n) is 11.8. The van der Waals surface area contributed by atoms with Gasteiger partial charge in [0.05, 0.1) is 17.1 Å². The van der Waals surface area contributed by atoms with Gasteiger partial charge >= 0.3 is 12.3 Å². The maximum atomic E-state index is 13.6. The molecule has 0 saturated heterocycles. The average molecular weight is 693 g/mol. The van der Waals surface area contributed by atoms with E-state index in [1.165, 1.54) is 18.2 Å². The fraction of sp³-hybridized carbons (Fsp3) is 0.639. The summed E-state index contributed by atoms with van der Waals surface area (Å²) >= 11 is 0. The van der Waals surface area contributed by atoms with Crippen molar-refractivity contribution in [2.24, 2.45) is 29.1 Å². The molecule has 6 aliphatic carbocycles. The quantitative estimate of drug-likeness (QED) is 0.197. The monoisotopic (exact) mass is 692 g/mol. The molecule has 6 aliphatic rings. The molecular weight excluding hydrogens is 649 g/mol. The summed E-state index contributed by atoms with van der Waals surface area (Å²) in [4.78, 5) is 13.6. The van der Waals surface area contributed by atoms with Crippen molar-refractivity contribution in [3.8, 4) is 17.2 Å². The predicted molar refractivity (Wildman–Crippen MR) is 169 cm³/mol. The number of carbonyl (C=O) groups excluding carboxylic acids is 1. The van der Waals surface area contributed by atoms with Crippen molar-refractivity contribution in [3.63, 3.8) is 0 Å². The Morgan fingerprint density at radius 1 is 0.938 bits per heavy atom. The Morgan fingerprint density at radius 2 is 1.60 bits per heavy atom. The molecule has 5 fully saturated rings. The molecule has 0 aromatic heterocycles. The molecule has 8 rings (SSSR count). The molecule has 12 heteroatoms. The molecule has 262 valence electrons. The van der Waals surface area contributed by atoms with E-state index in [0.717, 1.165) is 63.0 Å². The van der Waals surface area contributed by atoms with Crippen molar-refractivity contribution >= 4 is 16.1 Å². The first kappa shape index (κ1) is 33.5. The smallest absolute Gasteiger partial charge is 0.493 e. The van der Waals surface area contributed by atoms with Gasteiger partial charge in [0.25, 0.3) is 10.1 Å². The zero-order valence-electron chi connectivity index (χ0n) is 27.3. The Hall–Kier alpha value is -2.99. The fourth-order valence-electron chi connectivity index (χ4n) is 9.87. The van der Waals surface area contributed by atoms with Gasteiger partial charge < -0.3 is 18.9 Å². The maximum Gasteiger partial charge on any atom is 0.573 e. The van der Waals surface area contributed by atoms with E-state index < -0.39 is 33.8 Å². The van der Waals surface area contributed by atoms with Gasteiger partial charge in [-0.05, 0) is 142 Å². The molecule has 0 spiro atoms. The Kier molecular flexibility index (Phi) is 8.45. The van der Waals surface area contributed by atoms with Gasteiger partial charge in [-0.15, -0.1) is 13.2 Å². The van der Waals surface area contributed by atoms with Gasteiger partial charge in [-0.3, -0.25) is 4.55 Å². The minimum atomic E-state index is -4.91. The van der Waals surface area contributed by atoms with Crippen LogP contribution in [0.3, 0.4) is 0 Å². The van der Waals surface area contributed by atoms with Crippen LogP contribution in [0.1, 0.15) is 99.5 Å². The summed E-state index contributed by atoms with van der Waals surface area (Å²) < 4.78 is 96.7. The molecular formula is C36H43F3O8S. The summed E-state index contributed by atoms with van der Waals surface area (Å²) in [6.45, 7) is 4.46. The molecule has 8 nitrogen and oxygen atoms in total. The summed E-state index contributed by atoms with van der Waals surface area (Å²) in [5.74, 6) is 0.338. The Bertz CT molecular complexity index is 1660. The third kappa shape index (κ3) is 6.39. The highest BCUT2D eigenvalue weighted by Crippen LogP contribution is 2.61. The molecule has 0 radical (unpaired) electrons. The van der Waals surface area contributed by atoms with Gasteiger partial charge in [0.2, 0.25) is 0 Å². The minimum absolute atomic E-state index is 0.0408. The third-order valence-corrected chi connectivity index (χ3v) is 12.7. The van der Waals surface area contributed by atoms with Crippen molar-refractivity contribution in [2.45, 2.75) is 114 Å². The largest absolute Gasteiger partial charge is 0.573 e. The van der Waals surface area contributed by atoms with Gasteiger partial charge in [0.15, 0.2) is 11.5 Å². The van der Waals surface area contributed by atoms with Crippen molar-refractivity contribution in [1.29, 1.82) is 0 Å². The summed E-state index contributed by atoms with van der Waals surface area (Å²) in [6, 6.07) is 6.87. The molecule has 4 bridgehead atoms. The van der Waals surface area contributed by atoms with Gasteiger partial charge in [-0.1, -0.05) is 13.8 Å². The second-order valence-corrected chi connectivity index (χ2v) is 16.6. The lowest BCUT2D eigenvalue weighted by molar-refractivity contribution is -0.275. The van der Waals surface area contributed by atoms with Crippen LogP contribution in [-0.4, -0.2) is 43.6 Å². The molecule has 0 heterocycles. The predicted octanol–water partition coefficient (Wildman–Crippen LogP) is 8.10. The van der Waals surface area contributed by atoms with Crippen LogP contribution in [0.15, 0.2) is 35.2 Å². The molecule has 5 saturated carbocycles. The number of ether oxygens (including phenoxy) is 4. The van der Waals surface area contributed by atoms with Gasteiger partial charge in [-0.25, -0.2) is 4.79 Å². The summed E-state index contributed by atoms with van der Waals surface area (Å²) in [7, 11) is -4.31. The van der Waals surface area contributed by atoms with E-state index in [4.69, 9.17) is 14.2 Å². The van der Waals surface area contributed by atoms with Crippen molar-refractivity contribution < 1.29 is 49.9 Å². The molecule has 2 aromatic carbocycles. The second-order valence-electron chi connectivity index (χ2n) is 15.2. The summed E-state index contributed by atoms with van der Waals surface area (Å²) in [5, 5.41) is 0. The molecule has 2 aromatic rings. The van der Waals surface area contributed by atoms with Crippen molar-refractivity contribution in [2.75, 3.05) is 6.61 Å². The maximum absolute atomic E-state index is 13.6. The first-order valence-corrected chi connectivity index (χ1v) is 18.6. The van der Waals surface area contributed by atoms with Crippen LogP contribution >= 0.6 is 0 Å². The molecule has 0 aliphatic heterocycles. The number of halogens is 3. The number of fused-ring (bicyclic) bond motifs is 1. The fourth-order valence-corrected chi connectivity index (χ4v) is 10.6. The molecule has 48 heavy (non-hydrogen) atoms. The molecule has 0 amide bonds. The van der Waals surface area contributed by atoms with Crippen LogP contribution in [0, 0.1) is 29.1 Å². The van der Waals surface area contributed by atoms with Crippen LogP contribution in [0.4, 0.5) is 13.2 Å². The normalized spacial score (nSPS) is 28.8. The number of rotatable bonds is 10. The van der Waals surface area contributed by atoms with Crippen LogP contribution in [-0.2, 0) is 27.7 Å². The van der Waals surface area contributed by atoms with Crippen LogP contribution in [0.25, 0.3) is 0 Å². The van der Waals surface area contributed by atoms with Crippen LogP contribution in [0.2, 0.25) is 0 Å². The van der Waals surface area contributed by atoms with E-state index in [1.807, 2.05) is 13.8 Å². The van der Waals surface area contributed by atoms with Gasteiger partial charge in [-0.2, -0.15) is 8.42 Å². The van der Waals surface area contributed by atoms with E-state index in [-0.39, 0.29) is 45.5 Å². The summed E-state index contributed by atoms with van der Waals surface area (Å²) in [5.41, 5.74) is 0.898. The first-order chi connectivity index (χ1) is 22.6. The van der Waals surface area contributed by atoms with Crippen LogP contribution in [0.5, 0.6) is 17.2 Å². The number of hydrogen-bond acceptors (Lipinski definition) is 7. The number of alkyl halides is 3. The highest BCUT2D eigenvalue weighted by molar-refractivity contribution is 7.85. The Morgan fingerprint density at radius 3 is 2.25 bits per heavy atom. The number of esters is 1. The Balaban J connectivity index is 1.06.